The van der Waals surface area contributed by atoms with Crippen LogP contribution in [0.5, 0.6) is 11.5 Å². The van der Waals surface area contributed by atoms with Crippen molar-refractivity contribution in [1.29, 1.82) is 0 Å². The van der Waals surface area contributed by atoms with Crippen molar-refractivity contribution in [3.63, 3.8) is 0 Å². The molecule has 1 aromatic carbocycles. The molecular formula is C16H18N2O4S. The zero-order valence-electron chi connectivity index (χ0n) is 12.9. The number of thiophene rings is 1. The summed E-state index contributed by atoms with van der Waals surface area (Å²) in [5.74, 6) is 0.685. The number of hydrazine groups is 1. The van der Waals surface area contributed by atoms with Gasteiger partial charge in [-0.1, -0.05) is 12.1 Å². The maximum absolute atomic E-state index is 11.8. The Hall–Kier alpha value is -2.54. The second-order valence-electron chi connectivity index (χ2n) is 4.67. The van der Waals surface area contributed by atoms with E-state index in [1.807, 2.05) is 12.1 Å². The van der Waals surface area contributed by atoms with Crippen LogP contribution in [0.3, 0.4) is 0 Å². The van der Waals surface area contributed by atoms with Gasteiger partial charge in [0.25, 0.3) is 5.91 Å². The highest BCUT2D eigenvalue weighted by Gasteiger charge is 2.09. The van der Waals surface area contributed by atoms with Crippen molar-refractivity contribution in [1.82, 2.24) is 10.9 Å². The number of benzene rings is 1. The fourth-order valence-electron chi connectivity index (χ4n) is 1.95. The monoisotopic (exact) mass is 334 g/mol. The van der Waals surface area contributed by atoms with Gasteiger partial charge in [0.15, 0.2) is 11.5 Å². The molecule has 0 bridgehead atoms. The first-order valence-electron chi connectivity index (χ1n) is 6.97. The van der Waals surface area contributed by atoms with E-state index >= 15 is 0 Å². The van der Waals surface area contributed by atoms with Crippen LogP contribution in [-0.4, -0.2) is 26.0 Å². The summed E-state index contributed by atoms with van der Waals surface area (Å²) in [6.07, 6.45) is 0.779. The Morgan fingerprint density at radius 2 is 1.87 bits per heavy atom. The van der Waals surface area contributed by atoms with Crippen LogP contribution in [0.15, 0.2) is 35.7 Å². The molecule has 2 amide bonds. The number of aryl methyl sites for hydroxylation is 1. The molecule has 122 valence electrons. The van der Waals surface area contributed by atoms with Crippen LogP contribution in [-0.2, 0) is 11.2 Å². The lowest BCUT2D eigenvalue weighted by Gasteiger charge is -2.10. The normalized spacial score (nSPS) is 10.0. The quantitative estimate of drug-likeness (QED) is 0.794. The van der Waals surface area contributed by atoms with Gasteiger partial charge in [-0.15, -0.1) is 11.3 Å². The van der Waals surface area contributed by atoms with E-state index in [4.69, 9.17) is 9.47 Å². The average Bonchev–Trinajstić information content (AvgIpc) is 3.12. The van der Waals surface area contributed by atoms with Crippen LogP contribution in [0, 0.1) is 0 Å². The summed E-state index contributed by atoms with van der Waals surface area (Å²) >= 11 is 1.31. The fourth-order valence-corrected chi connectivity index (χ4v) is 2.57. The molecule has 0 aliphatic carbocycles. The Bertz CT molecular complexity index is 671. The minimum Gasteiger partial charge on any atom is -0.493 e. The molecule has 0 saturated heterocycles. The number of hydrogen-bond donors (Lipinski definition) is 2. The van der Waals surface area contributed by atoms with E-state index in [2.05, 4.69) is 10.9 Å². The number of ether oxygens (including phenoxy) is 2. The van der Waals surface area contributed by atoms with E-state index in [1.165, 1.54) is 11.3 Å². The molecule has 0 fully saturated rings. The van der Waals surface area contributed by atoms with Crippen molar-refractivity contribution < 1.29 is 19.1 Å². The van der Waals surface area contributed by atoms with Crippen molar-refractivity contribution in [2.75, 3.05) is 14.2 Å². The van der Waals surface area contributed by atoms with Gasteiger partial charge < -0.3 is 9.47 Å². The van der Waals surface area contributed by atoms with E-state index in [0.29, 0.717) is 22.8 Å². The van der Waals surface area contributed by atoms with E-state index in [1.54, 1.807) is 37.8 Å². The van der Waals surface area contributed by atoms with Crippen molar-refractivity contribution in [2.24, 2.45) is 0 Å². The molecule has 0 unspecified atom stereocenters. The van der Waals surface area contributed by atoms with Gasteiger partial charge in [-0.2, -0.15) is 0 Å². The Morgan fingerprint density at radius 1 is 1.09 bits per heavy atom. The largest absolute Gasteiger partial charge is 0.493 e. The van der Waals surface area contributed by atoms with Gasteiger partial charge in [-0.25, -0.2) is 0 Å². The second-order valence-corrected chi connectivity index (χ2v) is 5.62. The molecule has 7 heteroatoms. The van der Waals surface area contributed by atoms with Gasteiger partial charge >= 0.3 is 0 Å². The Balaban J connectivity index is 1.81. The smallest absolute Gasteiger partial charge is 0.279 e. The highest BCUT2D eigenvalue weighted by molar-refractivity contribution is 7.12. The number of carbonyl (C=O) groups is 2. The SMILES string of the molecule is COc1ccc(CCC(=O)NNC(=O)c2cccs2)cc1OC. The predicted octanol–water partition coefficient (Wildman–Crippen LogP) is 2.16. The number of rotatable bonds is 6. The number of amides is 2. The Kier molecular flexibility index (Phi) is 5.99. The minimum atomic E-state index is -0.320. The molecule has 1 heterocycles. The summed E-state index contributed by atoms with van der Waals surface area (Å²) < 4.78 is 10.4. The van der Waals surface area contributed by atoms with Crippen molar-refractivity contribution >= 4 is 23.2 Å². The third kappa shape index (κ3) is 4.72. The molecule has 0 radical (unpaired) electrons. The van der Waals surface area contributed by atoms with Crippen LogP contribution < -0.4 is 20.3 Å². The predicted molar refractivity (Wildman–Crippen MR) is 87.8 cm³/mol. The first-order valence-corrected chi connectivity index (χ1v) is 7.85. The number of methoxy groups -OCH3 is 2. The van der Waals surface area contributed by atoms with E-state index < -0.39 is 0 Å². The summed E-state index contributed by atoms with van der Waals surface area (Å²) in [4.78, 5) is 24.0. The van der Waals surface area contributed by atoms with Gasteiger partial charge in [0, 0.05) is 6.42 Å². The lowest BCUT2D eigenvalue weighted by Crippen LogP contribution is -2.41. The van der Waals surface area contributed by atoms with Crippen LogP contribution in [0.2, 0.25) is 0 Å². The Labute approximate surface area is 138 Å². The second kappa shape index (κ2) is 8.19. The molecule has 23 heavy (non-hydrogen) atoms. The standard InChI is InChI=1S/C16H18N2O4S/c1-21-12-7-5-11(10-13(12)22-2)6-8-15(19)17-18-16(20)14-4-3-9-23-14/h3-5,7,9-10H,6,8H2,1-2H3,(H,17,19)(H,18,20). The van der Waals surface area contributed by atoms with Gasteiger partial charge in [0.2, 0.25) is 5.91 Å². The summed E-state index contributed by atoms with van der Waals surface area (Å²) in [6.45, 7) is 0. The third-order valence-electron chi connectivity index (χ3n) is 3.15. The molecule has 0 aliphatic heterocycles. The molecule has 0 atom stereocenters. The van der Waals surface area contributed by atoms with Crippen LogP contribution in [0.25, 0.3) is 0 Å². The summed E-state index contributed by atoms with van der Waals surface area (Å²) in [7, 11) is 3.13. The number of nitrogens with one attached hydrogen (secondary N) is 2. The zero-order valence-corrected chi connectivity index (χ0v) is 13.7. The topological polar surface area (TPSA) is 76.7 Å². The zero-order chi connectivity index (χ0) is 16.7. The molecule has 2 rings (SSSR count). The molecular weight excluding hydrogens is 316 g/mol. The van der Waals surface area contributed by atoms with Gasteiger partial charge in [-0.3, -0.25) is 20.4 Å². The summed E-state index contributed by atoms with van der Waals surface area (Å²) in [6, 6.07) is 8.97. The van der Waals surface area contributed by atoms with E-state index in [-0.39, 0.29) is 18.2 Å². The molecule has 1 aromatic heterocycles. The molecule has 2 N–H and O–H groups in total. The van der Waals surface area contributed by atoms with Crippen LogP contribution >= 0.6 is 11.3 Å². The summed E-state index contributed by atoms with van der Waals surface area (Å²) in [5.41, 5.74) is 5.74. The lowest BCUT2D eigenvalue weighted by atomic mass is 10.1. The van der Waals surface area contributed by atoms with Gasteiger partial charge in [0.1, 0.15) is 0 Å². The fraction of sp³-hybridized carbons (Fsp3) is 0.250. The van der Waals surface area contributed by atoms with Crippen LogP contribution in [0.4, 0.5) is 0 Å². The average molecular weight is 334 g/mol. The minimum absolute atomic E-state index is 0.250. The van der Waals surface area contributed by atoms with Gasteiger partial charge in [-0.05, 0) is 35.6 Å². The molecule has 0 spiro atoms. The first-order chi connectivity index (χ1) is 11.1. The van der Waals surface area contributed by atoms with Crippen molar-refractivity contribution in [3.8, 4) is 11.5 Å². The first kappa shape index (κ1) is 16.8. The maximum atomic E-state index is 11.8. The van der Waals surface area contributed by atoms with E-state index in [0.717, 1.165) is 5.56 Å². The van der Waals surface area contributed by atoms with Crippen molar-refractivity contribution in [3.05, 3.63) is 46.2 Å². The maximum Gasteiger partial charge on any atom is 0.279 e. The van der Waals surface area contributed by atoms with Crippen LogP contribution in [0.1, 0.15) is 21.7 Å². The summed E-state index contributed by atoms with van der Waals surface area (Å²) in [5, 5.41) is 1.80. The highest BCUT2D eigenvalue weighted by atomic mass is 32.1. The van der Waals surface area contributed by atoms with Crippen molar-refractivity contribution in [2.45, 2.75) is 12.8 Å². The van der Waals surface area contributed by atoms with E-state index in [9.17, 15) is 9.59 Å². The lowest BCUT2D eigenvalue weighted by molar-refractivity contribution is -0.121. The molecule has 0 saturated carbocycles. The highest BCUT2D eigenvalue weighted by Crippen LogP contribution is 2.27. The molecule has 6 nitrogen and oxygen atoms in total. The third-order valence-corrected chi connectivity index (χ3v) is 4.02. The Morgan fingerprint density at radius 3 is 2.52 bits per heavy atom. The molecule has 2 aromatic rings. The number of hydrogen-bond acceptors (Lipinski definition) is 5. The number of carbonyl (C=O) groups excluding carboxylic acids is 2. The van der Waals surface area contributed by atoms with Gasteiger partial charge in [0.05, 0.1) is 19.1 Å². The molecule has 0 aliphatic rings.